The summed E-state index contributed by atoms with van der Waals surface area (Å²) < 4.78 is 11.9. The van der Waals surface area contributed by atoms with Crippen LogP contribution in [0.5, 0.6) is 5.75 Å². The smallest absolute Gasteiger partial charge is 0.364 e. The fourth-order valence-corrected chi connectivity index (χ4v) is 4.83. The summed E-state index contributed by atoms with van der Waals surface area (Å²) in [6, 6.07) is 18.4. The molecule has 0 spiro atoms. The number of esters is 1. The van der Waals surface area contributed by atoms with Crippen LogP contribution in [0, 0.1) is 0 Å². The highest BCUT2D eigenvalue weighted by atomic mass is 16.7. The molecule has 0 radical (unpaired) electrons. The third-order valence-corrected chi connectivity index (χ3v) is 6.85. The van der Waals surface area contributed by atoms with Crippen molar-refractivity contribution in [2.24, 2.45) is 0 Å². The third kappa shape index (κ3) is 14.9. The highest BCUT2D eigenvalue weighted by Crippen LogP contribution is 2.18. The Hall–Kier alpha value is -2.33. The van der Waals surface area contributed by atoms with Crippen molar-refractivity contribution in [3.63, 3.8) is 0 Å². The van der Waals surface area contributed by atoms with Gasteiger partial charge in [0.05, 0.1) is 14.1 Å². The Morgan fingerprint density at radius 1 is 0.730 bits per heavy atom. The van der Waals surface area contributed by atoms with Gasteiger partial charge in [-0.05, 0) is 30.5 Å². The van der Waals surface area contributed by atoms with Crippen LogP contribution in [0.15, 0.2) is 54.6 Å². The number of carbonyl (C=O) groups excluding carboxylic acids is 1. The van der Waals surface area contributed by atoms with Crippen LogP contribution in [0.2, 0.25) is 0 Å². The molecule has 4 nitrogen and oxygen atoms in total. The molecule has 0 N–H and O–H groups in total. The molecule has 0 heterocycles. The zero-order valence-electron chi connectivity index (χ0n) is 24.1. The molecule has 0 aliphatic rings. The van der Waals surface area contributed by atoms with Crippen molar-refractivity contribution in [2.75, 3.05) is 20.6 Å². The van der Waals surface area contributed by atoms with Gasteiger partial charge in [-0.1, -0.05) is 120 Å². The first-order chi connectivity index (χ1) is 17.9. The van der Waals surface area contributed by atoms with E-state index in [2.05, 4.69) is 31.2 Å². The Morgan fingerprint density at radius 3 is 1.84 bits per heavy atom. The topological polar surface area (TPSA) is 35.5 Å². The molecule has 0 fully saturated rings. The fourth-order valence-electron chi connectivity index (χ4n) is 4.83. The predicted octanol–water partition coefficient (Wildman–Crippen LogP) is 8.47. The molecule has 0 aromatic heterocycles. The number of nitrogens with zero attached hydrogens (tertiary/aromatic N) is 1. The van der Waals surface area contributed by atoms with Crippen LogP contribution >= 0.6 is 0 Å². The lowest BCUT2D eigenvalue weighted by atomic mass is 10.0. The molecule has 0 bridgehead atoms. The van der Waals surface area contributed by atoms with Gasteiger partial charge in [0.25, 0.3) is 0 Å². The van der Waals surface area contributed by atoms with E-state index in [0.717, 1.165) is 18.7 Å². The minimum absolute atomic E-state index is 0.253. The number of rotatable bonds is 20. The number of quaternary nitrogens is 1. The van der Waals surface area contributed by atoms with E-state index >= 15 is 0 Å². The molecule has 206 valence electrons. The summed E-state index contributed by atoms with van der Waals surface area (Å²) in [6.45, 7) is 5.11. The van der Waals surface area contributed by atoms with Crippen LogP contribution in [0.3, 0.4) is 0 Å². The number of unbranched alkanes of at least 4 members (excludes halogenated alkanes) is 11. The molecular formula is C33H52NO3+. The lowest BCUT2D eigenvalue weighted by molar-refractivity contribution is -0.896. The summed E-state index contributed by atoms with van der Waals surface area (Å²) in [5, 5.41) is 0. The summed E-state index contributed by atoms with van der Waals surface area (Å²) in [5.74, 6) is 0.480. The third-order valence-electron chi connectivity index (χ3n) is 6.85. The zero-order chi connectivity index (χ0) is 26.8. The highest BCUT2D eigenvalue weighted by molar-refractivity contribution is 5.70. The van der Waals surface area contributed by atoms with Crippen LogP contribution in [-0.4, -0.2) is 37.4 Å². The second-order valence-corrected chi connectivity index (χ2v) is 11.2. The molecule has 4 heteroatoms. The number of carbonyl (C=O) groups is 1. The van der Waals surface area contributed by atoms with E-state index < -0.39 is 6.29 Å². The first-order valence-corrected chi connectivity index (χ1v) is 14.7. The fraction of sp³-hybridized carbons (Fsp3) is 0.606. The first kappa shape index (κ1) is 30.9. The quantitative estimate of drug-likeness (QED) is 0.0775. The second kappa shape index (κ2) is 18.0. The molecule has 0 saturated heterocycles. The molecule has 0 aliphatic heterocycles. The number of hydrogen-bond acceptors (Lipinski definition) is 3. The van der Waals surface area contributed by atoms with Gasteiger partial charge in [-0.25, -0.2) is 4.79 Å². The molecule has 1 atom stereocenters. The number of hydrogen-bond donors (Lipinski definition) is 0. The first-order valence-electron chi connectivity index (χ1n) is 14.7. The van der Waals surface area contributed by atoms with Crippen molar-refractivity contribution in [2.45, 2.75) is 110 Å². The monoisotopic (exact) mass is 510 g/mol. The summed E-state index contributed by atoms with van der Waals surface area (Å²) >= 11 is 0. The highest BCUT2D eigenvalue weighted by Gasteiger charge is 2.23. The van der Waals surface area contributed by atoms with Gasteiger partial charge in [-0.15, -0.1) is 0 Å². The molecular weight excluding hydrogens is 458 g/mol. The molecule has 2 rings (SSSR count). The summed E-state index contributed by atoms with van der Waals surface area (Å²) in [4.78, 5) is 12.5. The summed E-state index contributed by atoms with van der Waals surface area (Å²) in [5.41, 5.74) is 2.54. The number of ether oxygens (including phenoxy) is 2. The second-order valence-electron chi connectivity index (χ2n) is 11.2. The van der Waals surface area contributed by atoms with Crippen LogP contribution in [0.25, 0.3) is 0 Å². The molecule has 2 aromatic rings. The van der Waals surface area contributed by atoms with E-state index in [-0.39, 0.29) is 5.97 Å². The number of likely N-dealkylation sites (N-methyl/N-ethyl adjacent to an activating group) is 1. The van der Waals surface area contributed by atoms with E-state index in [1.54, 1.807) is 6.92 Å². The number of aryl methyl sites for hydroxylation is 1. The average molecular weight is 511 g/mol. The maximum Gasteiger partial charge on any atom is 0.364 e. The van der Waals surface area contributed by atoms with Crippen molar-refractivity contribution < 1.29 is 18.8 Å². The van der Waals surface area contributed by atoms with Gasteiger partial charge in [0.15, 0.2) is 6.54 Å². The molecule has 0 amide bonds. The Morgan fingerprint density at radius 2 is 1.27 bits per heavy atom. The van der Waals surface area contributed by atoms with Gasteiger partial charge < -0.3 is 14.0 Å². The van der Waals surface area contributed by atoms with Crippen LogP contribution in [0.1, 0.15) is 102 Å². The summed E-state index contributed by atoms with van der Waals surface area (Å²) in [7, 11) is 4.07. The van der Waals surface area contributed by atoms with E-state index in [1.807, 2.05) is 44.4 Å². The predicted molar refractivity (Wildman–Crippen MR) is 155 cm³/mol. The van der Waals surface area contributed by atoms with Crippen molar-refractivity contribution in [1.82, 2.24) is 0 Å². The molecule has 2 aromatic carbocycles. The maximum atomic E-state index is 12.5. The van der Waals surface area contributed by atoms with E-state index in [0.29, 0.717) is 11.0 Å². The van der Waals surface area contributed by atoms with Gasteiger partial charge in [0.2, 0.25) is 6.29 Å². The minimum Gasteiger partial charge on any atom is -0.455 e. The Labute approximate surface area is 227 Å². The van der Waals surface area contributed by atoms with Gasteiger partial charge >= 0.3 is 5.97 Å². The van der Waals surface area contributed by atoms with Gasteiger partial charge in [0.1, 0.15) is 12.3 Å². The SMILES string of the molecule is CCCCCCCCCCCCCCc1ccc(OC(C)OC(=O)C[N+](C)(C)Cc2ccccc2)cc1. The molecule has 0 aliphatic carbocycles. The molecule has 1 unspecified atom stereocenters. The number of benzene rings is 2. The van der Waals surface area contributed by atoms with E-state index in [9.17, 15) is 4.79 Å². The lowest BCUT2D eigenvalue weighted by Gasteiger charge is -2.29. The average Bonchev–Trinajstić information content (AvgIpc) is 2.85. The van der Waals surface area contributed by atoms with E-state index in [4.69, 9.17) is 9.47 Å². The Bertz CT molecular complexity index is 848. The van der Waals surface area contributed by atoms with Crippen molar-refractivity contribution in [3.8, 4) is 5.75 Å². The van der Waals surface area contributed by atoms with Crippen molar-refractivity contribution in [1.29, 1.82) is 0 Å². The lowest BCUT2D eigenvalue weighted by Crippen LogP contribution is -2.44. The van der Waals surface area contributed by atoms with Gasteiger partial charge in [-0.2, -0.15) is 0 Å². The molecule has 37 heavy (non-hydrogen) atoms. The minimum atomic E-state index is -0.619. The maximum absolute atomic E-state index is 12.5. The largest absolute Gasteiger partial charge is 0.455 e. The van der Waals surface area contributed by atoms with E-state index in [1.165, 1.54) is 88.2 Å². The van der Waals surface area contributed by atoms with Crippen molar-refractivity contribution >= 4 is 5.97 Å². The normalized spacial score (nSPS) is 12.3. The Balaban J connectivity index is 1.56. The Kier molecular flexibility index (Phi) is 15.0. The van der Waals surface area contributed by atoms with Gasteiger partial charge in [-0.3, -0.25) is 0 Å². The van der Waals surface area contributed by atoms with Crippen LogP contribution in [0.4, 0.5) is 0 Å². The molecule has 0 saturated carbocycles. The standard InChI is InChI=1S/C33H52NO3/c1-5-6-7-8-9-10-11-12-13-14-15-17-20-30-23-25-32(26-24-30)36-29(2)37-33(35)28-34(3,4)27-31-21-18-16-19-22-31/h16,18-19,21-26,29H,5-15,17,20,27-28H2,1-4H3/q+1. The van der Waals surface area contributed by atoms with Crippen LogP contribution < -0.4 is 4.74 Å². The van der Waals surface area contributed by atoms with Crippen molar-refractivity contribution in [3.05, 3.63) is 65.7 Å². The zero-order valence-corrected chi connectivity index (χ0v) is 24.1. The van der Waals surface area contributed by atoms with Crippen LogP contribution in [-0.2, 0) is 22.5 Å². The summed E-state index contributed by atoms with van der Waals surface area (Å²) in [6.07, 6.45) is 17.0. The van der Waals surface area contributed by atoms with Gasteiger partial charge in [0, 0.05) is 12.5 Å².